The van der Waals surface area contributed by atoms with E-state index in [1.807, 2.05) is 0 Å². The summed E-state index contributed by atoms with van der Waals surface area (Å²) in [7, 11) is 0. The van der Waals surface area contributed by atoms with E-state index in [0.29, 0.717) is 32.2 Å². The maximum atomic E-state index is 14.0. The average molecular weight is 363 g/mol. The molecular weight excluding hydrogens is 344 g/mol. The highest BCUT2D eigenvalue weighted by Gasteiger charge is 2.53. The van der Waals surface area contributed by atoms with Crippen molar-refractivity contribution in [2.45, 2.75) is 44.1 Å². The van der Waals surface area contributed by atoms with Crippen molar-refractivity contribution in [3.63, 3.8) is 0 Å². The van der Waals surface area contributed by atoms with Crippen LogP contribution >= 0.6 is 0 Å². The van der Waals surface area contributed by atoms with Crippen LogP contribution in [0.4, 0.5) is 19.3 Å². The van der Waals surface area contributed by atoms with Crippen LogP contribution in [0.25, 0.3) is 0 Å². The number of carbonyl (C=O) groups is 3. The Hall–Kier alpha value is -2.51. The van der Waals surface area contributed by atoms with Gasteiger partial charge in [0.2, 0.25) is 5.91 Å². The van der Waals surface area contributed by atoms with Crippen LogP contribution < -0.4 is 10.2 Å². The van der Waals surface area contributed by atoms with Crippen molar-refractivity contribution in [3.8, 4) is 0 Å². The zero-order chi connectivity index (χ0) is 18.5. The average Bonchev–Trinajstić information content (AvgIpc) is 3.15. The lowest BCUT2D eigenvalue weighted by molar-refractivity contribution is -0.134. The van der Waals surface area contributed by atoms with Crippen LogP contribution in [0.15, 0.2) is 12.1 Å². The molecule has 0 radical (unpaired) electrons. The first-order valence-corrected chi connectivity index (χ1v) is 8.84. The van der Waals surface area contributed by atoms with Crippen LogP contribution in [0.3, 0.4) is 0 Å². The van der Waals surface area contributed by atoms with E-state index in [1.165, 1.54) is 4.90 Å². The molecule has 6 nitrogen and oxygen atoms in total. The summed E-state index contributed by atoms with van der Waals surface area (Å²) in [5.74, 6) is -2.34. The topological polar surface area (TPSA) is 69.7 Å². The molecule has 4 rings (SSSR count). The number of rotatable bonds is 2. The molecule has 1 spiro atoms. The van der Waals surface area contributed by atoms with Crippen molar-refractivity contribution in [2.75, 3.05) is 18.0 Å². The minimum atomic E-state index is -0.880. The lowest BCUT2D eigenvalue weighted by Crippen LogP contribution is -2.47. The van der Waals surface area contributed by atoms with Gasteiger partial charge in [0.25, 0.3) is 5.91 Å². The second-order valence-corrected chi connectivity index (χ2v) is 7.14. The summed E-state index contributed by atoms with van der Waals surface area (Å²) in [6.07, 6.45) is 3.80. The van der Waals surface area contributed by atoms with Crippen LogP contribution in [0.2, 0.25) is 0 Å². The Kier molecular flexibility index (Phi) is 3.93. The van der Waals surface area contributed by atoms with Gasteiger partial charge in [-0.05, 0) is 31.7 Å². The first-order valence-electron chi connectivity index (χ1n) is 8.84. The molecule has 2 fully saturated rings. The monoisotopic (exact) mass is 363 g/mol. The van der Waals surface area contributed by atoms with Crippen molar-refractivity contribution in [1.82, 2.24) is 10.2 Å². The van der Waals surface area contributed by atoms with Gasteiger partial charge in [-0.25, -0.2) is 13.6 Å². The van der Waals surface area contributed by atoms with Crippen LogP contribution in [0.1, 0.15) is 37.7 Å². The van der Waals surface area contributed by atoms with E-state index in [0.717, 1.165) is 29.9 Å². The normalized spacial score (nSPS) is 21.3. The number of urea groups is 1. The molecule has 0 unspecified atom stereocenters. The predicted octanol–water partition coefficient (Wildman–Crippen LogP) is 2.11. The van der Waals surface area contributed by atoms with Crippen LogP contribution in [-0.4, -0.2) is 41.4 Å². The van der Waals surface area contributed by atoms with E-state index in [2.05, 4.69) is 5.32 Å². The Bertz CT molecular complexity index is 805. The number of hydrogen-bond donors (Lipinski definition) is 1. The molecule has 0 atom stereocenters. The van der Waals surface area contributed by atoms with Gasteiger partial charge in [-0.15, -0.1) is 0 Å². The SMILES string of the molecule is O=C1NC2(CCCC2)C(=O)N1CC(=O)N1CCCc2c(F)cc(F)cc21. The summed E-state index contributed by atoms with van der Waals surface area (Å²) in [6.45, 7) is -0.131. The zero-order valence-electron chi connectivity index (χ0n) is 14.2. The third-order valence-electron chi connectivity index (χ3n) is 5.53. The fourth-order valence-corrected chi connectivity index (χ4v) is 4.23. The molecule has 2 aliphatic heterocycles. The number of halogens is 2. The lowest BCUT2D eigenvalue weighted by atomic mass is 9.98. The highest BCUT2D eigenvalue weighted by atomic mass is 19.1. The van der Waals surface area contributed by atoms with Crippen LogP contribution in [0, 0.1) is 11.6 Å². The van der Waals surface area contributed by atoms with E-state index in [1.54, 1.807) is 0 Å². The largest absolute Gasteiger partial charge is 0.325 e. The molecule has 1 aromatic rings. The van der Waals surface area contributed by atoms with Gasteiger partial charge in [-0.1, -0.05) is 12.8 Å². The van der Waals surface area contributed by atoms with Gasteiger partial charge in [0, 0.05) is 18.2 Å². The number of hydrogen-bond acceptors (Lipinski definition) is 3. The second kappa shape index (κ2) is 6.03. The Balaban J connectivity index is 1.57. The molecule has 26 heavy (non-hydrogen) atoms. The van der Waals surface area contributed by atoms with E-state index >= 15 is 0 Å². The van der Waals surface area contributed by atoms with Gasteiger partial charge >= 0.3 is 6.03 Å². The van der Waals surface area contributed by atoms with Gasteiger partial charge in [-0.3, -0.25) is 14.5 Å². The minimum Gasteiger partial charge on any atom is -0.323 e. The van der Waals surface area contributed by atoms with E-state index in [4.69, 9.17) is 0 Å². The predicted molar refractivity (Wildman–Crippen MR) is 88.5 cm³/mol. The fraction of sp³-hybridized carbons (Fsp3) is 0.500. The molecule has 8 heteroatoms. The van der Waals surface area contributed by atoms with Crippen molar-refractivity contribution in [3.05, 3.63) is 29.3 Å². The second-order valence-electron chi connectivity index (χ2n) is 7.14. The molecule has 2 heterocycles. The number of imide groups is 1. The third-order valence-corrected chi connectivity index (χ3v) is 5.53. The van der Waals surface area contributed by atoms with Crippen LogP contribution in [0.5, 0.6) is 0 Å². The minimum absolute atomic E-state index is 0.182. The number of benzene rings is 1. The summed E-state index contributed by atoms with van der Waals surface area (Å²) in [5, 5.41) is 2.72. The number of fused-ring (bicyclic) bond motifs is 1. The first kappa shape index (κ1) is 16.9. The molecule has 1 aliphatic carbocycles. The summed E-state index contributed by atoms with van der Waals surface area (Å²) in [5.41, 5.74) is -0.410. The standard InChI is InChI=1S/C18H19F2N3O3/c19-11-8-13(20)12-4-3-7-22(14(12)9-11)15(24)10-23-16(25)18(21-17(23)26)5-1-2-6-18/h8-9H,1-7,10H2,(H,21,26). The molecule has 3 aliphatic rings. The number of amides is 4. The quantitative estimate of drug-likeness (QED) is 0.819. The Morgan fingerprint density at radius 1 is 1.15 bits per heavy atom. The van der Waals surface area contributed by atoms with Gasteiger partial charge in [0.1, 0.15) is 23.7 Å². The molecule has 138 valence electrons. The molecule has 0 bridgehead atoms. The maximum absolute atomic E-state index is 14.0. The van der Waals surface area contributed by atoms with Gasteiger partial charge in [-0.2, -0.15) is 0 Å². The number of anilines is 1. The molecule has 1 saturated heterocycles. The molecule has 0 aromatic heterocycles. The number of nitrogens with zero attached hydrogens (tertiary/aromatic N) is 2. The third kappa shape index (κ3) is 2.55. The Morgan fingerprint density at radius 3 is 2.62 bits per heavy atom. The van der Waals surface area contributed by atoms with Crippen LogP contribution in [-0.2, 0) is 16.0 Å². The summed E-state index contributed by atoms with van der Waals surface area (Å²) in [4.78, 5) is 39.8. The Labute approximate surface area is 149 Å². The van der Waals surface area contributed by atoms with Crippen molar-refractivity contribution < 1.29 is 23.2 Å². The molecule has 1 aromatic carbocycles. The van der Waals surface area contributed by atoms with E-state index < -0.39 is 35.7 Å². The fourth-order valence-electron chi connectivity index (χ4n) is 4.23. The first-order chi connectivity index (χ1) is 12.4. The lowest BCUT2D eigenvalue weighted by Gasteiger charge is -2.30. The smallest absolute Gasteiger partial charge is 0.323 e. The summed E-state index contributed by atoms with van der Waals surface area (Å²) >= 11 is 0. The van der Waals surface area contributed by atoms with Gasteiger partial charge in [0.15, 0.2) is 0 Å². The Morgan fingerprint density at radius 2 is 1.88 bits per heavy atom. The molecule has 4 amide bonds. The summed E-state index contributed by atoms with van der Waals surface area (Å²) in [6, 6.07) is 1.35. The number of carbonyl (C=O) groups excluding carboxylic acids is 3. The molecule has 1 N–H and O–H groups in total. The van der Waals surface area contributed by atoms with Crippen molar-refractivity contribution >= 4 is 23.5 Å². The number of nitrogens with one attached hydrogen (secondary N) is 1. The van der Waals surface area contributed by atoms with Gasteiger partial charge in [0.05, 0.1) is 5.69 Å². The van der Waals surface area contributed by atoms with Crippen molar-refractivity contribution in [2.24, 2.45) is 0 Å². The van der Waals surface area contributed by atoms with E-state index in [-0.39, 0.29) is 17.2 Å². The molecular formula is C18H19F2N3O3. The maximum Gasteiger partial charge on any atom is 0.325 e. The van der Waals surface area contributed by atoms with Crippen molar-refractivity contribution in [1.29, 1.82) is 0 Å². The van der Waals surface area contributed by atoms with Gasteiger partial charge < -0.3 is 10.2 Å². The molecule has 1 saturated carbocycles. The highest BCUT2D eigenvalue weighted by molar-refractivity contribution is 6.10. The zero-order valence-corrected chi connectivity index (χ0v) is 14.2. The van der Waals surface area contributed by atoms with E-state index in [9.17, 15) is 23.2 Å². The summed E-state index contributed by atoms with van der Waals surface area (Å²) < 4.78 is 27.6. The highest BCUT2D eigenvalue weighted by Crippen LogP contribution is 2.35.